The molecule has 3 rings (SSSR count). The van der Waals surface area contributed by atoms with Gasteiger partial charge in [-0.25, -0.2) is 0 Å². The lowest BCUT2D eigenvalue weighted by molar-refractivity contribution is 0.810. The van der Waals surface area contributed by atoms with Crippen molar-refractivity contribution in [2.24, 2.45) is 0 Å². The molecule has 2 aromatic carbocycles. The number of rotatable bonds is 2. The van der Waals surface area contributed by atoms with Gasteiger partial charge in [-0.3, -0.25) is 0 Å². The van der Waals surface area contributed by atoms with Crippen LogP contribution in [0, 0.1) is 4.77 Å². The maximum Gasteiger partial charge on any atom is 0.178 e. The lowest BCUT2D eigenvalue weighted by Crippen LogP contribution is -1.99. The number of aromatic nitrogens is 2. The minimum absolute atomic E-state index is 0.696. The van der Waals surface area contributed by atoms with Crippen molar-refractivity contribution in [2.75, 3.05) is 0 Å². The van der Waals surface area contributed by atoms with Crippen LogP contribution in [0.2, 0.25) is 5.02 Å². The van der Waals surface area contributed by atoms with Gasteiger partial charge >= 0.3 is 0 Å². The first-order valence-electron chi connectivity index (χ1n) is 5.66. The quantitative estimate of drug-likeness (QED) is 0.687. The number of nitrogens with one attached hydrogen (secondary N) is 1. The number of hydrogen-bond donors (Lipinski definition) is 1. The van der Waals surface area contributed by atoms with Crippen molar-refractivity contribution in [2.45, 2.75) is 6.54 Å². The maximum absolute atomic E-state index is 6.15. The second-order valence-corrected chi connectivity index (χ2v) is 4.93. The van der Waals surface area contributed by atoms with Crippen LogP contribution in [0.3, 0.4) is 0 Å². The van der Waals surface area contributed by atoms with Crippen molar-refractivity contribution < 1.29 is 0 Å². The largest absolute Gasteiger partial charge is 0.329 e. The van der Waals surface area contributed by atoms with Crippen molar-refractivity contribution in [3.63, 3.8) is 0 Å². The van der Waals surface area contributed by atoms with Crippen LogP contribution in [0.4, 0.5) is 0 Å². The summed E-state index contributed by atoms with van der Waals surface area (Å²) in [6, 6.07) is 16.1. The third-order valence-electron chi connectivity index (χ3n) is 2.94. The number of fused-ring (bicyclic) bond motifs is 1. The predicted molar refractivity (Wildman–Crippen MR) is 77.7 cm³/mol. The van der Waals surface area contributed by atoms with E-state index in [-0.39, 0.29) is 0 Å². The first kappa shape index (κ1) is 11.5. The fourth-order valence-corrected chi connectivity index (χ4v) is 2.55. The molecule has 0 fully saturated rings. The molecule has 0 saturated heterocycles. The zero-order valence-electron chi connectivity index (χ0n) is 9.56. The Bertz CT molecular complexity index is 743. The fraction of sp³-hybridized carbons (Fsp3) is 0.0714. The Hall–Kier alpha value is -1.58. The molecule has 3 aromatic rings. The summed E-state index contributed by atoms with van der Waals surface area (Å²) in [5.41, 5.74) is 3.16. The topological polar surface area (TPSA) is 20.7 Å². The SMILES string of the molecule is S=c1[nH]c2c(Cl)cccc2n1Cc1ccccc1. The van der Waals surface area contributed by atoms with E-state index >= 15 is 0 Å². The fourth-order valence-electron chi connectivity index (χ4n) is 2.07. The summed E-state index contributed by atoms with van der Waals surface area (Å²) in [7, 11) is 0. The third kappa shape index (κ3) is 1.96. The van der Waals surface area contributed by atoms with E-state index < -0.39 is 0 Å². The van der Waals surface area contributed by atoms with Crippen LogP contribution in [-0.2, 0) is 6.54 Å². The molecule has 4 heteroatoms. The van der Waals surface area contributed by atoms with Gasteiger partial charge in [0.1, 0.15) is 0 Å². The van der Waals surface area contributed by atoms with Crippen LogP contribution in [0.25, 0.3) is 11.0 Å². The molecule has 0 spiro atoms. The maximum atomic E-state index is 6.15. The van der Waals surface area contributed by atoms with Gasteiger partial charge in [0.2, 0.25) is 0 Å². The molecule has 0 radical (unpaired) electrons. The van der Waals surface area contributed by atoms with E-state index in [1.54, 1.807) is 0 Å². The average molecular weight is 275 g/mol. The van der Waals surface area contributed by atoms with Gasteiger partial charge in [-0.1, -0.05) is 48.0 Å². The van der Waals surface area contributed by atoms with Crippen molar-refractivity contribution in [3.8, 4) is 0 Å². The average Bonchev–Trinajstić information content (AvgIpc) is 2.70. The molecule has 0 bridgehead atoms. The van der Waals surface area contributed by atoms with Gasteiger partial charge in [-0.05, 0) is 29.9 Å². The minimum atomic E-state index is 0.696. The van der Waals surface area contributed by atoms with Gasteiger partial charge in [0.15, 0.2) is 4.77 Å². The standard InChI is InChI=1S/C14H11ClN2S/c15-11-7-4-8-12-13(11)16-14(18)17(12)9-10-5-2-1-3-6-10/h1-8H,9H2,(H,16,18). The molecule has 0 atom stereocenters. The number of para-hydroxylation sites is 1. The smallest absolute Gasteiger partial charge is 0.178 e. The van der Waals surface area contributed by atoms with Crippen molar-refractivity contribution in [1.82, 2.24) is 9.55 Å². The van der Waals surface area contributed by atoms with Crippen LogP contribution in [-0.4, -0.2) is 9.55 Å². The van der Waals surface area contributed by atoms with Crippen LogP contribution < -0.4 is 0 Å². The van der Waals surface area contributed by atoms with Gasteiger partial charge in [0.05, 0.1) is 22.6 Å². The molecule has 0 amide bonds. The Kier molecular flexibility index (Phi) is 2.94. The molecule has 0 aliphatic carbocycles. The number of aromatic amines is 1. The molecule has 1 N–H and O–H groups in total. The third-order valence-corrected chi connectivity index (χ3v) is 3.58. The van der Waals surface area contributed by atoms with Crippen molar-refractivity contribution in [1.29, 1.82) is 0 Å². The molecule has 1 aromatic heterocycles. The highest BCUT2D eigenvalue weighted by atomic mass is 35.5. The number of hydrogen-bond acceptors (Lipinski definition) is 1. The normalized spacial score (nSPS) is 10.9. The number of nitrogens with zero attached hydrogens (tertiary/aromatic N) is 1. The molecular formula is C14H11ClN2S. The van der Waals surface area contributed by atoms with E-state index in [0.717, 1.165) is 17.6 Å². The molecule has 90 valence electrons. The van der Waals surface area contributed by atoms with Gasteiger partial charge in [0, 0.05) is 0 Å². The summed E-state index contributed by atoms with van der Waals surface area (Å²) >= 11 is 11.5. The van der Waals surface area contributed by atoms with Crippen LogP contribution >= 0.6 is 23.8 Å². The highest BCUT2D eigenvalue weighted by Gasteiger charge is 2.07. The Morgan fingerprint density at radius 3 is 2.61 bits per heavy atom. The molecule has 0 unspecified atom stereocenters. The summed E-state index contributed by atoms with van der Waals surface area (Å²) < 4.78 is 2.76. The first-order valence-corrected chi connectivity index (χ1v) is 6.45. The van der Waals surface area contributed by atoms with Gasteiger partial charge in [0.25, 0.3) is 0 Å². The summed E-state index contributed by atoms with van der Waals surface area (Å²) in [6.07, 6.45) is 0. The van der Waals surface area contributed by atoms with Crippen molar-refractivity contribution >= 4 is 34.9 Å². The molecule has 1 heterocycles. The van der Waals surface area contributed by atoms with Gasteiger partial charge in [-0.2, -0.15) is 0 Å². The van der Waals surface area contributed by atoms with E-state index in [1.807, 2.05) is 36.4 Å². The molecule has 18 heavy (non-hydrogen) atoms. The minimum Gasteiger partial charge on any atom is -0.329 e. The Morgan fingerprint density at radius 2 is 1.83 bits per heavy atom. The summed E-state index contributed by atoms with van der Waals surface area (Å²) in [6.45, 7) is 0.750. The molecule has 2 nitrogen and oxygen atoms in total. The zero-order chi connectivity index (χ0) is 12.5. The Labute approximate surface area is 115 Å². The Morgan fingerprint density at radius 1 is 1.06 bits per heavy atom. The monoisotopic (exact) mass is 274 g/mol. The number of H-pyrrole nitrogens is 1. The number of benzene rings is 2. The second kappa shape index (κ2) is 4.59. The van der Waals surface area contributed by atoms with E-state index in [4.69, 9.17) is 23.8 Å². The van der Waals surface area contributed by atoms with Crippen LogP contribution in [0.15, 0.2) is 48.5 Å². The van der Waals surface area contributed by atoms with E-state index in [0.29, 0.717) is 9.79 Å². The van der Waals surface area contributed by atoms with Crippen LogP contribution in [0.5, 0.6) is 0 Å². The lowest BCUT2D eigenvalue weighted by atomic mass is 10.2. The molecule has 0 aliphatic rings. The van der Waals surface area contributed by atoms with E-state index in [9.17, 15) is 0 Å². The highest BCUT2D eigenvalue weighted by molar-refractivity contribution is 7.71. The number of imidazole rings is 1. The van der Waals surface area contributed by atoms with Gasteiger partial charge < -0.3 is 9.55 Å². The van der Waals surface area contributed by atoms with Gasteiger partial charge in [-0.15, -0.1) is 0 Å². The number of halogens is 1. The first-order chi connectivity index (χ1) is 8.75. The molecular weight excluding hydrogens is 264 g/mol. The summed E-state index contributed by atoms with van der Waals surface area (Å²) in [4.78, 5) is 3.16. The molecule has 0 aliphatic heterocycles. The van der Waals surface area contributed by atoms with Crippen LogP contribution in [0.1, 0.15) is 5.56 Å². The lowest BCUT2D eigenvalue weighted by Gasteiger charge is -2.04. The Balaban J connectivity index is 2.15. The summed E-state index contributed by atoms with van der Waals surface area (Å²) in [5.74, 6) is 0. The highest BCUT2D eigenvalue weighted by Crippen LogP contribution is 2.23. The molecule has 0 saturated carbocycles. The zero-order valence-corrected chi connectivity index (χ0v) is 11.1. The second-order valence-electron chi connectivity index (χ2n) is 4.14. The summed E-state index contributed by atoms with van der Waals surface area (Å²) in [5, 5.41) is 0.699. The predicted octanol–water partition coefficient (Wildman–Crippen LogP) is 4.40. The van der Waals surface area contributed by atoms with E-state index in [1.165, 1.54) is 5.56 Å². The van der Waals surface area contributed by atoms with Crippen molar-refractivity contribution in [3.05, 3.63) is 63.9 Å². The van der Waals surface area contributed by atoms with E-state index in [2.05, 4.69) is 21.7 Å².